The summed E-state index contributed by atoms with van der Waals surface area (Å²) in [5.74, 6) is -0.417. The van der Waals surface area contributed by atoms with Crippen LogP contribution in [0.1, 0.15) is 12.5 Å². The van der Waals surface area contributed by atoms with Gasteiger partial charge in [-0.05, 0) is 43.2 Å². The van der Waals surface area contributed by atoms with Gasteiger partial charge < -0.3 is 0 Å². The summed E-state index contributed by atoms with van der Waals surface area (Å²) >= 11 is 0. The van der Waals surface area contributed by atoms with Crippen LogP contribution in [0.5, 0.6) is 0 Å². The number of nitrogens with two attached hydrogens (primary N) is 1. The molecular formula is C15H17FN2O4S2. The maximum Gasteiger partial charge on any atom is 0.240 e. The average Bonchev–Trinajstić information content (AvgIpc) is 2.48. The van der Waals surface area contributed by atoms with Gasteiger partial charge >= 0.3 is 0 Å². The Morgan fingerprint density at radius 3 is 2.29 bits per heavy atom. The van der Waals surface area contributed by atoms with Gasteiger partial charge in [-0.2, -0.15) is 0 Å². The number of rotatable bonds is 6. The molecule has 2 rings (SSSR count). The number of sulfonamides is 2. The molecule has 3 N–H and O–H groups in total. The summed E-state index contributed by atoms with van der Waals surface area (Å²) in [6.07, 6.45) is 0.154. The van der Waals surface area contributed by atoms with Crippen molar-refractivity contribution in [2.24, 2.45) is 5.14 Å². The third kappa shape index (κ3) is 4.60. The molecule has 24 heavy (non-hydrogen) atoms. The maximum atomic E-state index is 13.6. The molecule has 0 aliphatic heterocycles. The smallest absolute Gasteiger partial charge is 0.225 e. The summed E-state index contributed by atoms with van der Waals surface area (Å²) in [6, 6.07) is 10.2. The Morgan fingerprint density at radius 2 is 1.67 bits per heavy atom. The summed E-state index contributed by atoms with van der Waals surface area (Å²) < 4.78 is 63.4. The quantitative estimate of drug-likeness (QED) is 0.799. The van der Waals surface area contributed by atoms with Crippen molar-refractivity contribution in [1.82, 2.24) is 4.72 Å². The molecule has 0 radical (unpaired) electrons. The molecule has 1 unspecified atom stereocenters. The van der Waals surface area contributed by atoms with Crippen molar-refractivity contribution < 1.29 is 21.2 Å². The van der Waals surface area contributed by atoms with Gasteiger partial charge in [0.2, 0.25) is 20.0 Å². The van der Waals surface area contributed by atoms with E-state index >= 15 is 0 Å². The lowest BCUT2D eigenvalue weighted by Crippen LogP contribution is -2.34. The second-order valence-corrected chi connectivity index (χ2v) is 8.61. The van der Waals surface area contributed by atoms with E-state index < -0.39 is 31.9 Å². The minimum Gasteiger partial charge on any atom is -0.225 e. The summed E-state index contributed by atoms with van der Waals surface area (Å²) in [5, 5.41) is 5.00. The van der Waals surface area contributed by atoms with Gasteiger partial charge in [-0.3, -0.25) is 0 Å². The van der Waals surface area contributed by atoms with Crippen molar-refractivity contribution in [3.8, 4) is 0 Å². The van der Waals surface area contributed by atoms with Crippen LogP contribution >= 0.6 is 0 Å². The molecule has 0 heterocycles. The van der Waals surface area contributed by atoms with E-state index in [1.54, 1.807) is 25.1 Å². The Labute approximate surface area is 140 Å². The Kier molecular flexibility index (Phi) is 5.38. The first-order valence-corrected chi connectivity index (χ1v) is 10.0. The van der Waals surface area contributed by atoms with Gasteiger partial charge in [-0.25, -0.2) is 31.1 Å². The highest BCUT2D eigenvalue weighted by atomic mass is 32.2. The third-order valence-corrected chi connectivity index (χ3v) is 5.78. The lowest BCUT2D eigenvalue weighted by molar-refractivity contribution is 0.549. The Balaban J connectivity index is 2.21. The van der Waals surface area contributed by atoms with Crippen LogP contribution in [0.15, 0.2) is 58.3 Å². The van der Waals surface area contributed by atoms with Gasteiger partial charge in [0.05, 0.1) is 9.79 Å². The third-order valence-electron chi connectivity index (χ3n) is 3.28. The van der Waals surface area contributed by atoms with Crippen LogP contribution in [0.4, 0.5) is 4.39 Å². The molecule has 0 aliphatic rings. The zero-order valence-electron chi connectivity index (χ0n) is 12.8. The summed E-state index contributed by atoms with van der Waals surface area (Å²) in [7, 11) is -7.98. The van der Waals surface area contributed by atoms with E-state index in [0.29, 0.717) is 5.56 Å². The van der Waals surface area contributed by atoms with Crippen molar-refractivity contribution in [3.05, 3.63) is 59.9 Å². The van der Waals surface area contributed by atoms with Crippen molar-refractivity contribution in [1.29, 1.82) is 0 Å². The number of hydrogen-bond acceptors (Lipinski definition) is 4. The van der Waals surface area contributed by atoms with Crippen molar-refractivity contribution >= 4 is 20.0 Å². The highest BCUT2D eigenvalue weighted by molar-refractivity contribution is 7.90. The first kappa shape index (κ1) is 18.5. The summed E-state index contributed by atoms with van der Waals surface area (Å²) in [5.41, 5.74) is 0.381. The molecule has 130 valence electrons. The number of primary sulfonamides is 1. The molecule has 0 amide bonds. The number of nitrogens with one attached hydrogen (secondary N) is 1. The minimum atomic E-state index is -4.01. The maximum absolute atomic E-state index is 13.6. The van der Waals surface area contributed by atoms with Gasteiger partial charge in [0.1, 0.15) is 5.82 Å². The molecule has 6 nitrogen and oxygen atoms in total. The zero-order chi connectivity index (χ0) is 18.0. The standard InChI is InChI=1S/C15H17FN2O4S2/c1-11(9-12-5-2-3-8-15(12)16)18-24(21,22)14-7-4-6-13(10-14)23(17,19)20/h2-8,10-11,18H,9H2,1H3,(H2,17,19,20). The van der Waals surface area contributed by atoms with Crippen molar-refractivity contribution in [2.45, 2.75) is 29.2 Å². The van der Waals surface area contributed by atoms with E-state index in [0.717, 1.165) is 6.07 Å². The Morgan fingerprint density at radius 1 is 1.04 bits per heavy atom. The topological polar surface area (TPSA) is 106 Å². The van der Waals surface area contributed by atoms with Crippen LogP contribution in [-0.4, -0.2) is 22.9 Å². The van der Waals surface area contributed by atoms with Crippen molar-refractivity contribution in [3.63, 3.8) is 0 Å². The normalized spacial score (nSPS) is 13.6. The molecule has 9 heteroatoms. The van der Waals surface area contributed by atoms with E-state index in [4.69, 9.17) is 5.14 Å². The molecule has 2 aromatic carbocycles. The molecule has 0 aromatic heterocycles. The predicted octanol–water partition coefficient (Wildman–Crippen LogP) is 1.38. The molecule has 0 saturated heterocycles. The second kappa shape index (κ2) is 6.98. The van der Waals surface area contributed by atoms with E-state index in [2.05, 4.69) is 4.72 Å². The van der Waals surface area contributed by atoms with Gasteiger partial charge in [0.15, 0.2) is 0 Å². The number of halogens is 1. The molecule has 1 atom stereocenters. The van der Waals surface area contributed by atoms with Crippen LogP contribution < -0.4 is 9.86 Å². The van der Waals surface area contributed by atoms with Crippen LogP contribution in [0.25, 0.3) is 0 Å². The molecule has 0 fully saturated rings. The molecule has 0 aliphatic carbocycles. The number of hydrogen-bond donors (Lipinski definition) is 2. The Bertz CT molecular complexity index is 943. The monoisotopic (exact) mass is 372 g/mol. The fourth-order valence-electron chi connectivity index (χ4n) is 2.19. The molecular weight excluding hydrogens is 355 g/mol. The molecule has 0 bridgehead atoms. The van der Waals surface area contributed by atoms with E-state index in [9.17, 15) is 21.2 Å². The lowest BCUT2D eigenvalue weighted by atomic mass is 10.1. The summed E-state index contributed by atoms with van der Waals surface area (Å²) in [4.78, 5) is -0.526. The largest absolute Gasteiger partial charge is 0.240 e. The SMILES string of the molecule is CC(Cc1ccccc1F)NS(=O)(=O)c1cccc(S(N)(=O)=O)c1. The van der Waals surface area contributed by atoms with E-state index in [1.165, 1.54) is 24.3 Å². The fourth-order valence-corrected chi connectivity index (χ4v) is 4.11. The second-order valence-electron chi connectivity index (χ2n) is 5.34. The van der Waals surface area contributed by atoms with Crippen LogP contribution in [-0.2, 0) is 26.5 Å². The fraction of sp³-hybridized carbons (Fsp3) is 0.200. The van der Waals surface area contributed by atoms with Crippen molar-refractivity contribution in [2.75, 3.05) is 0 Å². The Hall–Kier alpha value is -1.81. The molecule has 2 aromatic rings. The van der Waals surface area contributed by atoms with Gasteiger partial charge in [-0.1, -0.05) is 24.3 Å². The minimum absolute atomic E-state index is 0.154. The summed E-state index contributed by atoms with van der Waals surface area (Å²) in [6.45, 7) is 1.59. The van der Waals surface area contributed by atoms with E-state index in [-0.39, 0.29) is 16.2 Å². The van der Waals surface area contributed by atoms with Crippen LogP contribution in [0, 0.1) is 5.82 Å². The first-order chi connectivity index (χ1) is 11.1. The lowest BCUT2D eigenvalue weighted by Gasteiger charge is -2.15. The average molecular weight is 372 g/mol. The molecule has 0 saturated carbocycles. The molecule has 0 spiro atoms. The first-order valence-electron chi connectivity index (χ1n) is 6.98. The highest BCUT2D eigenvalue weighted by Gasteiger charge is 2.20. The number of benzene rings is 2. The van der Waals surface area contributed by atoms with Crippen LogP contribution in [0.2, 0.25) is 0 Å². The highest BCUT2D eigenvalue weighted by Crippen LogP contribution is 2.16. The van der Waals surface area contributed by atoms with Gasteiger partial charge in [0.25, 0.3) is 0 Å². The van der Waals surface area contributed by atoms with E-state index in [1.807, 2.05) is 0 Å². The predicted molar refractivity (Wildman–Crippen MR) is 87.7 cm³/mol. The van der Waals surface area contributed by atoms with Gasteiger partial charge in [0, 0.05) is 6.04 Å². The van der Waals surface area contributed by atoms with Gasteiger partial charge in [-0.15, -0.1) is 0 Å². The zero-order valence-corrected chi connectivity index (χ0v) is 14.4. The van der Waals surface area contributed by atoms with Crippen LogP contribution in [0.3, 0.4) is 0 Å².